The molecule has 0 aliphatic rings. The Labute approximate surface area is 77.6 Å². The Balaban J connectivity index is 0.00000121. The first-order valence-corrected chi connectivity index (χ1v) is 4.12. The Kier molecular flexibility index (Phi) is 4.09. The maximum Gasteiger partial charge on any atom is 0 e. The summed E-state index contributed by atoms with van der Waals surface area (Å²) in [5.41, 5.74) is 1.83. The summed E-state index contributed by atoms with van der Waals surface area (Å²) in [7, 11) is 0. The van der Waals surface area contributed by atoms with Gasteiger partial charge in [0.05, 0.1) is 0 Å². The van der Waals surface area contributed by atoms with Crippen molar-refractivity contribution in [3.63, 3.8) is 0 Å². The standard InChI is InChI=1S/C11H16.B/c1-11(2,3)9-10-7-5-4-6-8-10;/h4-8H,9H2,1-3H3;. The quantitative estimate of drug-likeness (QED) is 0.552. The molecule has 0 bridgehead atoms. The van der Waals surface area contributed by atoms with Gasteiger partial charge in [-0.1, -0.05) is 51.1 Å². The average Bonchev–Trinajstić information content (AvgIpc) is 1.85. The summed E-state index contributed by atoms with van der Waals surface area (Å²) >= 11 is 0. The van der Waals surface area contributed by atoms with Gasteiger partial charge in [0.2, 0.25) is 0 Å². The van der Waals surface area contributed by atoms with Crippen LogP contribution in [0.5, 0.6) is 0 Å². The Hall–Kier alpha value is -0.715. The van der Waals surface area contributed by atoms with Crippen LogP contribution in [-0.2, 0) is 6.42 Å². The molecule has 0 spiro atoms. The van der Waals surface area contributed by atoms with E-state index in [2.05, 4.69) is 51.1 Å². The molecule has 0 fully saturated rings. The van der Waals surface area contributed by atoms with Crippen molar-refractivity contribution in [3.05, 3.63) is 35.9 Å². The molecule has 0 atom stereocenters. The summed E-state index contributed by atoms with van der Waals surface area (Å²) in [6.45, 7) is 6.79. The lowest BCUT2D eigenvalue weighted by Crippen LogP contribution is -2.08. The Morgan fingerprint density at radius 1 is 1.00 bits per heavy atom. The van der Waals surface area contributed by atoms with Gasteiger partial charge in [-0.3, -0.25) is 0 Å². The third-order valence-corrected chi connectivity index (χ3v) is 1.58. The second-order valence-electron chi connectivity index (χ2n) is 4.22. The van der Waals surface area contributed by atoms with E-state index in [4.69, 9.17) is 0 Å². The molecule has 63 valence electrons. The van der Waals surface area contributed by atoms with Gasteiger partial charge in [0.25, 0.3) is 0 Å². The fraction of sp³-hybridized carbons (Fsp3) is 0.455. The summed E-state index contributed by atoms with van der Waals surface area (Å²) in [6.07, 6.45) is 1.16. The summed E-state index contributed by atoms with van der Waals surface area (Å²) in [6, 6.07) is 10.6. The SMILES string of the molecule is CC(C)(C)Cc1ccccc1.[B]. The van der Waals surface area contributed by atoms with E-state index < -0.39 is 0 Å². The van der Waals surface area contributed by atoms with Crippen LogP contribution >= 0.6 is 0 Å². The normalized spacial score (nSPS) is 10.6. The van der Waals surface area contributed by atoms with Crippen LogP contribution in [0.15, 0.2) is 30.3 Å². The topological polar surface area (TPSA) is 0 Å². The van der Waals surface area contributed by atoms with Gasteiger partial charge in [0.15, 0.2) is 0 Å². The van der Waals surface area contributed by atoms with Gasteiger partial charge in [0.1, 0.15) is 0 Å². The zero-order valence-corrected chi connectivity index (χ0v) is 8.17. The fourth-order valence-electron chi connectivity index (χ4n) is 1.21. The van der Waals surface area contributed by atoms with Crippen molar-refractivity contribution in [3.8, 4) is 0 Å². The lowest BCUT2D eigenvalue weighted by Gasteiger charge is -2.17. The number of hydrogen-bond acceptors (Lipinski definition) is 0. The van der Waals surface area contributed by atoms with Gasteiger partial charge in [-0.05, 0) is 17.4 Å². The van der Waals surface area contributed by atoms with Crippen LogP contribution in [0.1, 0.15) is 26.3 Å². The molecule has 0 unspecified atom stereocenters. The molecule has 0 aromatic heterocycles. The maximum atomic E-state index is 2.26. The molecule has 0 saturated heterocycles. The van der Waals surface area contributed by atoms with Crippen LogP contribution in [0, 0.1) is 5.41 Å². The third-order valence-electron chi connectivity index (χ3n) is 1.58. The van der Waals surface area contributed by atoms with E-state index in [0.29, 0.717) is 5.41 Å². The number of hydrogen-bond donors (Lipinski definition) is 0. The first kappa shape index (κ1) is 11.3. The molecule has 0 nitrogen and oxygen atoms in total. The van der Waals surface area contributed by atoms with Crippen molar-refractivity contribution >= 4 is 8.41 Å². The van der Waals surface area contributed by atoms with E-state index in [9.17, 15) is 0 Å². The van der Waals surface area contributed by atoms with Gasteiger partial charge >= 0.3 is 0 Å². The molecular weight excluding hydrogens is 143 g/mol. The first-order chi connectivity index (χ1) is 5.08. The minimum absolute atomic E-state index is 0. The van der Waals surface area contributed by atoms with Crippen LogP contribution < -0.4 is 0 Å². The zero-order valence-electron chi connectivity index (χ0n) is 8.17. The van der Waals surface area contributed by atoms with Crippen molar-refractivity contribution in [1.82, 2.24) is 0 Å². The lowest BCUT2D eigenvalue weighted by molar-refractivity contribution is 0.411. The summed E-state index contributed by atoms with van der Waals surface area (Å²) in [4.78, 5) is 0. The third kappa shape index (κ3) is 4.22. The van der Waals surface area contributed by atoms with Crippen LogP contribution in [0.3, 0.4) is 0 Å². The fourth-order valence-corrected chi connectivity index (χ4v) is 1.21. The largest absolute Gasteiger partial charge is 0.0622 e. The molecule has 1 rings (SSSR count). The highest BCUT2D eigenvalue weighted by atomic mass is 14.1. The Morgan fingerprint density at radius 2 is 1.50 bits per heavy atom. The molecule has 3 radical (unpaired) electrons. The van der Waals surface area contributed by atoms with Gasteiger partial charge in [-0.25, -0.2) is 0 Å². The Morgan fingerprint density at radius 3 is 1.92 bits per heavy atom. The van der Waals surface area contributed by atoms with Crippen LogP contribution in [-0.4, -0.2) is 8.41 Å². The molecule has 0 amide bonds. The van der Waals surface area contributed by atoms with E-state index in [1.807, 2.05) is 0 Å². The molecule has 12 heavy (non-hydrogen) atoms. The predicted octanol–water partition coefficient (Wildman–Crippen LogP) is 2.89. The monoisotopic (exact) mass is 159 g/mol. The molecular formula is C11H16B. The zero-order chi connectivity index (χ0) is 8.32. The van der Waals surface area contributed by atoms with E-state index >= 15 is 0 Å². The van der Waals surface area contributed by atoms with Gasteiger partial charge < -0.3 is 0 Å². The molecule has 0 N–H and O–H groups in total. The molecule has 1 aromatic rings. The van der Waals surface area contributed by atoms with E-state index in [1.54, 1.807) is 0 Å². The van der Waals surface area contributed by atoms with Crippen molar-refractivity contribution in [2.24, 2.45) is 5.41 Å². The molecule has 1 heteroatoms. The van der Waals surface area contributed by atoms with E-state index in [1.165, 1.54) is 5.56 Å². The van der Waals surface area contributed by atoms with E-state index in [0.717, 1.165) is 6.42 Å². The predicted molar refractivity (Wildman–Crippen MR) is 55.4 cm³/mol. The maximum absolute atomic E-state index is 2.26. The lowest BCUT2D eigenvalue weighted by atomic mass is 9.88. The van der Waals surface area contributed by atoms with E-state index in [-0.39, 0.29) is 8.41 Å². The summed E-state index contributed by atoms with van der Waals surface area (Å²) in [5, 5.41) is 0. The molecule has 0 aliphatic carbocycles. The smallest absolute Gasteiger partial charge is 0 e. The minimum atomic E-state index is 0. The van der Waals surface area contributed by atoms with Gasteiger partial charge in [-0.15, -0.1) is 0 Å². The second-order valence-corrected chi connectivity index (χ2v) is 4.22. The van der Waals surface area contributed by atoms with Gasteiger partial charge in [0, 0.05) is 8.41 Å². The molecule has 0 saturated carbocycles. The second kappa shape index (κ2) is 4.35. The molecule has 1 aromatic carbocycles. The molecule has 0 heterocycles. The van der Waals surface area contributed by atoms with Crippen molar-refractivity contribution in [2.45, 2.75) is 27.2 Å². The van der Waals surface area contributed by atoms with Crippen LogP contribution in [0.25, 0.3) is 0 Å². The van der Waals surface area contributed by atoms with Crippen molar-refractivity contribution in [1.29, 1.82) is 0 Å². The average molecular weight is 159 g/mol. The summed E-state index contributed by atoms with van der Waals surface area (Å²) in [5.74, 6) is 0. The van der Waals surface area contributed by atoms with Crippen molar-refractivity contribution in [2.75, 3.05) is 0 Å². The van der Waals surface area contributed by atoms with Gasteiger partial charge in [-0.2, -0.15) is 0 Å². The number of rotatable bonds is 1. The summed E-state index contributed by atoms with van der Waals surface area (Å²) < 4.78 is 0. The minimum Gasteiger partial charge on any atom is -0.0622 e. The molecule has 0 aliphatic heterocycles. The highest BCUT2D eigenvalue weighted by molar-refractivity contribution is 5.75. The van der Waals surface area contributed by atoms with Crippen molar-refractivity contribution < 1.29 is 0 Å². The first-order valence-electron chi connectivity index (χ1n) is 4.12. The number of benzene rings is 1. The highest BCUT2D eigenvalue weighted by Gasteiger charge is 2.09. The Bertz CT molecular complexity index is 208. The van der Waals surface area contributed by atoms with Crippen LogP contribution in [0.4, 0.5) is 0 Å². The van der Waals surface area contributed by atoms with Crippen LogP contribution in [0.2, 0.25) is 0 Å². The highest BCUT2D eigenvalue weighted by Crippen LogP contribution is 2.19.